The third-order valence-electron chi connectivity index (χ3n) is 2.09. The van der Waals surface area contributed by atoms with E-state index >= 15 is 0 Å². The quantitative estimate of drug-likeness (QED) is 0.710. The lowest BCUT2D eigenvalue weighted by atomic mass is 10.0. The zero-order valence-electron chi connectivity index (χ0n) is 8.18. The van der Waals surface area contributed by atoms with Gasteiger partial charge in [0.05, 0.1) is 16.8 Å². The maximum atomic E-state index is 8.88. The number of hydrogen-bond acceptors (Lipinski definition) is 4. The van der Waals surface area contributed by atoms with Gasteiger partial charge in [0.15, 0.2) is 0 Å². The van der Waals surface area contributed by atoms with Gasteiger partial charge in [0.25, 0.3) is 0 Å². The predicted molar refractivity (Wildman–Crippen MR) is 55.7 cm³/mol. The summed E-state index contributed by atoms with van der Waals surface area (Å²) >= 11 is 0. The molecule has 2 rings (SSSR count). The highest BCUT2D eigenvalue weighted by Crippen LogP contribution is 2.19. The summed E-state index contributed by atoms with van der Waals surface area (Å²) in [5.74, 6) is 0. The Morgan fingerprint density at radius 3 is 2.50 bits per heavy atom. The summed E-state index contributed by atoms with van der Waals surface area (Å²) in [5, 5.41) is 25.2. The van der Waals surface area contributed by atoms with E-state index in [0.717, 1.165) is 5.56 Å². The van der Waals surface area contributed by atoms with Crippen molar-refractivity contribution in [3.8, 4) is 23.4 Å². The first-order valence-electron chi connectivity index (χ1n) is 4.49. The van der Waals surface area contributed by atoms with Crippen LogP contribution in [0.5, 0.6) is 0 Å². The third-order valence-corrected chi connectivity index (χ3v) is 2.09. The van der Waals surface area contributed by atoms with Crippen molar-refractivity contribution in [1.29, 1.82) is 10.5 Å². The molecule has 0 saturated carbocycles. The van der Waals surface area contributed by atoms with Crippen LogP contribution < -0.4 is 0 Å². The van der Waals surface area contributed by atoms with Crippen LogP contribution in [-0.2, 0) is 0 Å². The van der Waals surface area contributed by atoms with Gasteiger partial charge in [0.2, 0.25) is 0 Å². The fraction of sp³-hybridized carbons (Fsp3) is 0. The molecule has 0 spiro atoms. The zero-order valence-corrected chi connectivity index (χ0v) is 8.18. The molecule has 0 aliphatic heterocycles. The normalized spacial score (nSPS) is 9.12. The largest absolute Gasteiger partial charge is 0.192 e. The summed E-state index contributed by atoms with van der Waals surface area (Å²) in [6, 6.07) is 12.3. The van der Waals surface area contributed by atoms with Crippen LogP contribution in [0, 0.1) is 28.9 Å². The molecule has 0 fully saturated rings. The Morgan fingerprint density at radius 2 is 1.88 bits per heavy atom. The van der Waals surface area contributed by atoms with Gasteiger partial charge >= 0.3 is 0 Å². The van der Waals surface area contributed by atoms with Gasteiger partial charge in [0, 0.05) is 5.56 Å². The van der Waals surface area contributed by atoms with Crippen LogP contribution in [0.1, 0.15) is 11.1 Å². The minimum atomic E-state index is 0.342. The first kappa shape index (κ1) is 9.82. The van der Waals surface area contributed by atoms with Gasteiger partial charge < -0.3 is 0 Å². The lowest BCUT2D eigenvalue weighted by molar-refractivity contribution is 1.03. The second-order valence-corrected chi connectivity index (χ2v) is 3.03. The lowest BCUT2D eigenvalue weighted by Crippen LogP contribution is -1.89. The van der Waals surface area contributed by atoms with Crippen LogP contribution >= 0.6 is 0 Å². The van der Waals surface area contributed by atoms with E-state index in [2.05, 4.69) is 16.4 Å². The highest BCUT2D eigenvalue weighted by molar-refractivity contribution is 5.63. The Labute approximate surface area is 92.4 Å². The van der Waals surface area contributed by atoms with Crippen molar-refractivity contribution in [2.75, 3.05) is 0 Å². The molecule has 0 bridgehead atoms. The number of nitrogens with zero attached hydrogens (tertiary/aromatic N) is 4. The van der Waals surface area contributed by atoms with E-state index in [1.165, 1.54) is 0 Å². The molecule has 73 valence electrons. The zero-order chi connectivity index (χ0) is 11.4. The van der Waals surface area contributed by atoms with Gasteiger partial charge in [-0.25, -0.2) is 0 Å². The number of hydrogen-bond donors (Lipinski definition) is 0. The smallest absolute Gasteiger partial charge is 0.113 e. The topological polar surface area (TPSA) is 73.4 Å². The first-order chi connectivity index (χ1) is 7.85. The SMILES string of the molecule is N#Cc1ccc(-c2cc[c]nn2)cc1C#N. The van der Waals surface area contributed by atoms with Crippen molar-refractivity contribution < 1.29 is 0 Å². The fourth-order valence-electron chi connectivity index (χ4n) is 1.31. The van der Waals surface area contributed by atoms with E-state index in [-0.39, 0.29) is 0 Å². The van der Waals surface area contributed by atoms with E-state index in [1.54, 1.807) is 30.3 Å². The minimum Gasteiger partial charge on any atom is -0.192 e. The summed E-state index contributed by atoms with van der Waals surface area (Å²) in [5.41, 5.74) is 2.12. The van der Waals surface area contributed by atoms with Crippen molar-refractivity contribution >= 4 is 0 Å². The van der Waals surface area contributed by atoms with Crippen molar-refractivity contribution in [1.82, 2.24) is 10.2 Å². The van der Waals surface area contributed by atoms with Gasteiger partial charge in [-0.05, 0) is 24.3 Å². The van der Waals surface area contributed by atoms with E-state index in [0.29, 0.717) is 16.8 Å². The second-order valence-electron chi connectivity index (χ2n) is 3.03. The highest BCUT2D eigenvalue weighted by Gasteiger charge is 2.05. The molecule has 1 aromatic heterocycles. The summed E-state index contributed by atoms with van der Waals surface area (Å²) in [4.78, 5) is 0. The van der Waals surface area contributed by atoms with Crippen LogP contribution in [0.4, 0.5) is 0 Å². The number of benzene rings is 1. The van der Waals surface area contributed by atoms with E-state index < -0.39 is 0 Å². The van der Waals surface area contributed by atoms with E-state index in [9.17, 15) is 0 Å². The van der Waals surface area contributed by atoms with Gasteiger partial charge in [-0.2, -0.15) is 10.5 Å². The Hall–Kier alpha value is -2.72. The molecule has 0 aliphatic rings. The molecule has 0 amide bonds. The van der Waals surface area contributed by atoms with Gasteiger partial charge in [-0.3, -0.25) is 0 Å². The van der Waals surface area contributed by atoms with Crippen molar-refractivity contribution in [2.45, 2.75) is 0 Å². The molecule has 4 heteroatoms. The molecule has 0 saturated heterocycles. The summed E-state index contributed by atoms with van der Waals surface area (Å²) in [6.45, 7) is 0. The maximum absolute atomic E-state index is 8.88. The van der Waals surface area contributed by atoms with E-state index in [4.69, 9.17) is 10.5 Å². The summed E-state index contributed by atoms with van der Waals surface area (Å²) in [7, 11) is 0. The number of rotatable bonds is 1. The molecule has 1 aromatic carbocycles. The Morgan fingerprint density at radius 1 is 1.06 bits per heavy atom. The average Bonchev–Trinajstić information content (AvgIpc) is 2.39. The first-order valence-corrected chi connectivity index (χ1v) is 4.49. The second kappa shape index (κ2) is 4.20. The summed E-state index contributed by atoms with van der Waals surface area (Å²) in [6.07, 6.45) is 2.58. The molecular weight excluding hydrogens is 200 g/mol. The molecule has 4 nitrogen and oxygen atoms in total. The van der Waals surface area contributed by atoms with E-state index in [1.807, 2.05) is 12.1 Å². The van der Waals surface area contributed by atoms with Crippen LogP contribution in [0.15, 0.2) is 30.3 Å². The molecular formula is C12H5N4. The van der Waals surface area contributed by atoms with Crippen LogP contribution in [0.3, 0.4) is 0 Å². The van der Waals surface area contributed by atoms with Crippen molar-refractivity contribution in [3.63, 3.8) is 0 Å². The molecule has 0 N–H and O–H groups in total. The highest BCUT2D eigenvalue weighted by atomic mass is 15.1. The molecule has 1 radical (unpaired) electrons. The number of nitriles is 2. The molecule has 16 heavy (non-hydrogen) atoms. The Bertz CT molecular complexity index is 591. The predicted octanol–water partition coefficient (Wildman–Crippen LogP) is 1.69. The summed E-state index contributed by atoms with van der Waals surface area (Å²) < 4.78 is 0. The van der Waals surface area contributed by atoms with Crippen molar-refractivity contribution in [3.05, 3.63) is 47.7 Å². The third kappa shape index (κ3) is 1.73. The van der Waals surface area contributed by atoms with Crippen LogP contribution in [0.2, 0.25) is 0 Å². The minimum absolute atomic E-state index is 0.342. The monoisotopic (exact) mass is 205 g/mol. The molecule has 0 unspecified atom stereocenters. The number of aromatic nitrogens is 2. The molecule has 1 heterocycles. The van der Waals surface area contributed by atoms with Crippen molar-refractivity contribution in [2.24, 2.45) is 0 Å². The lowest BCUT2D eigenvalue weighted by Gasteiger charge is -2.00. The Kier molecular flexibility index (Phi) is 2.58. The van der Waals surface area contributed by atoms with Gasteiger partial charge in [-0.15, -0.1) is 10.2 Å². The van der Waals surface area contributed by atoms with Gasteiger partial charge in [-0.1, -0.05) is 6.07 Å². The molecule has 0 aliphatic carbocycles. The molecule has 2 aromatic rings. The average molecular weight is 205 g/mol. The van der Waals surface area contributed by atoms with Crippen LogP contribution in [-0.4, -0.2) is 10.2 Å². The fourth-order valence-corrected chi connectivity index (χ4v) is 1.31. The maximum Gasteiger partial charge on any atom is 0.113 e. The van der Waals surface area contributed by atoms with Gasteiger partial charge in [0.1, 0.15) is 18.3 Å². The standard InChI is InChI=1S/C12H5N4/c13-7-10-4-3-9(6-11(10)8-14)12-2-1-5-15-16-12/h1-4,6H. The Balaban J connectivity index is 2.55. The molecule has 0 atom stereocenters. The van der Waals surface area contributed by atoms with Crippen LogP contribution in [0.25, 0.3) is 11.3 Å².